The van der Waals surface area contributed by atoms with Crippen LogP contribution in [-0.2, 0) is 4.79 Å². The normalized spacial score (nSPS) is 10.0. The predicted molar refractivity (Wildman–Crippen MR) is 86.0 cm³/mol. The van der Waals surface area contributed by atoms with E-state index in [0.29, 0.717) is 5.75 Å². The third-order valence-corrected chi connectivity index (χ3v) is 3.54. The Hall–Kier alpha value is -2.01. The van der Waals surface area contributed by atoms with Gasteiger partial charge in [-0.1, -0.05) is 18.2 Å². The van der Waals surface area contributed by atoms with E-state index in [-0.39, 0.29) is 12.5 Å². The molecule has 2 aromatic rings. The van der Waals surface area contributed by atoms with E-state index in [1.165, 1.54) is 0 Å². The highest BCUT2D eigenvalue weighted by Crippen LogP contribution is 2.29. The summed E-state index contributed by atoms with van der Waals surface area (Å²) in [5, 5.41) is 2.82. The molecule has 0 aliphatic rings. The fourth-order valence-electron chi connectivity index (χ4n) is 1.77. The van der Waals surface area contributed by atoms with E-state index < -0.39 is 0 Å². The van der Waals surface area contributed by atoms with Gasteiger partial charge in [0.1, 0.15) is 11.5 Å². The molecule has 1 amide bonds. The minimum Gasteiger partial charge on any atom is -0.497 e. The van der Waals surface area contributed by atoms with Crippen molar-refractivity contribution in [2.45, 2.75) is 6.92 Å². The average molecular weight is 350 g/mol. The average Bonchev–Trinajstić information content (AvgIpc) is 2.48. The molecule has 1 N–H and O–H groups in total. The summed E-state index contributed by atoms with van der Waals surface area (Å²) in [6.07, 6.45) is 0. The van der Waals surface area contributed by atoms with Gasteiger partial charge in [-0.3, -0.25) is 4.79 Å². The third kappa shape index (κ3) is 4.23. The summed E-state index contributed by atoms with van der Waals surface area (Å²) in [7, 11) is 1.60. The summed E-state index contributed by atoms with van der Waals surface area (Å²) in [5.41, 5.74) is 1.80. The summed E-state index contributed by atoms with van der Waals surface area (Å²) in [6, 6.07) is 12.9. The fraction of sp³-hybridized carbons (Fsp3) is 0.188. The molecule has 0 saturated carbocycles. The number of halogens is 1. The largest absolute Gasteiger partial charge is 0.497 e. The van der Waals surface area contributed by atoms with Gasteiger partial charge < -0.3 is 14.8 Å². The Labute approximate surface area is 132 Å². The van der Waals surface area contributed by atoms with Crippen LogP contribution in [0.4, 0.5) is 5.69 Å². The first-order valence-corrected chi connectivity index (χ1v) is 7.21. The molecule has 0 aliphatic carbocycles. The lowest BCUT2D eigenvalue weighted by molar-refractivity contribution is -0.118. The number of benzene rings is 2. The lowest BCUT2D eigenvalue weighted by atomic mass is 10.2. The molecule has 5 heteroatoms. The van der Waals surface area contributed by atoms with E-state index in [1.54, 1.807) is 25.3 Å². The van der Waals surface area contributed by atoms with Gasteiger partial charge in [0, 0.05) is 5.69 Å². The van der Waals surface area contributed by atoms with E-state index in [0.717, 1.165) is 21.5 Å². The van der Waals surface area contributed by atoms with Gasteiger partial charge in [-0.25, -0.2) is 0 Å². The topological polar surface area (TPSA) is 47.6 Å². The summed E-state index contributed by atoms with van der Waals surface area (Å²) >= 11 is 3.38. The number of carbonyl (C=O) groups excluding carboxylic acids is 1. The molecule has 0 bridgehead atoms. The highest BCUT2D eigenvalue weighted by molar-refractivity contribution is 9.10. The van der Waals surface area contributed by atoms with Crippen LogP contribution in [0.25, 0.3) is 0 Å². The number of amides is 1. The summed E-state index contributed by atoms with van der Waals surface area (Å²) in [4.78, 5) is 11.9. The van der Waals surface area contributed by atoms with E-state index in [1.807, 2.05) is 31.2 Å². The van der Waals surface area contributed by atoms with Crippen molar-refractivity contribution in [2.75, 3.05) is 19.0 Å². The molecule has 0 aliphatic heterocycles. The van der Waals surface area contributed by atoms with Gasteiger partial charge in [-0.2, -0.15) is 0 Å². The van der Waals surface area contributed by atoms with Crippen LogP contribution in [0.5, 0.6) is 11.5 Å². The minimum absolute atomic E-state index is 0.0563. The zero-order chi connectivity index (χ0) is 15.2. The van der Waals surface area contributed by atoms with Crippen LogP contribution in [-0.4, -0.2) is 19.6 Å². The minimum atomic E-state index is -0.202. The second kappa shape index (κ2) is 7.13. The van der Waals surface area contributed by atoms with E-state index in [4.69, 9.17) is 9.47 Å². The molecule has 0 fully saturated rings. The smallest absolute Gasteiger partial charge is 0.262 e. The number of ether oxygens (including phenoxy) is 2. The second-order valence-corrected chi connectivity index (χ2v) is 5.30. The molecule has 21 heavy (non-hydrogen) atoms. The maximum atomic E-state index is 11.9. The molecule has 2 aromatic carbocycles. The number of hydrogen-bond acceptors (Lipinski definition) is 3. The molecule has 0 saturated heterocycles. The van der Waals surface area contributed by atoms with Gasteiger partial charge in [0.2, 0.25) is 0 Å². The molecule has 0 radical (unpaired) electrons. The number of hydrogen-bond donors (Lipinski definition) is 1. The molecule has 4 nitrogen and oxygen atoms in total. The van der Waals surface area contributed by atoms with Crippen molar-refractivity contribution in [1.82, 2.24) is 0 Å². The first-order valence-electron chi connectivity index (χ1n) is 6.42. The van der Waals surface area contributed by atoms with Crippen LogP contribution < -0.4 is 14.8 Å². The fourth-order valence-corrected chi connectivity index (χ4v) is 2.24. The second-order valence-electron chi connectivity index (χ2n) is 4.45. The van der Waals surface area contributed by atoms with Gasteiger partial charge in [0.15, 0.2) is 6.61 Å². The summed E-state index contributed by atoms with van der Waals surface area (Å²) < 4.78 is 11.3. The van der Waals surface area contributed by atoms with Crippen molar-refractivity contribution in [2.24, 2.45) is 0 Å². The number of anilines is 1. The molecule has 0 heterocycles. The number of nitrogens with one attached hydrogen (secondary N) is 1. The molecular weight excluding hydrogens is 334 g/mol. The molecule has 0 spiro atoms. The Kier molecular flexibility index (Phi) is 5.22. The van der Waals surface area contributed by atoms with Crippen LogP contribution in [0.15, 0.2) is 46.9 Å². The maximum absolute atomic E-state index is 11.9. The van der Waals surface area contributed by atoms with Crippen LogP contribution in [0.2, 0.25) is 0 Å². The standard InChI is InChI=1S/C16H16BrNO3/c1-11-5-3-4-6-14(11)18-16(19)10-21-15-8-7-12(20-2)9-13(15)17/h3-9H,10H2,1-2H3,(H,18,19). The highest BCUT2D eigenvalue weighted by Gasteiger charge is 2.08. The number of carbonyl (C=O) groups is 1. The summed E-state index contributed by atoms with van der Waals surface area (Å²) in [6.45, 7) is 1.88. The number of rotatable bonds is 5. The highest BCUT2D eigenvalue weighted by atomic mass is 79.9. The quantitative estimate of drug-likeness (QED) is 0.893. The van der Waals surface area contributed by atoms with Crippen molar-refractivity contribution >= 4 is 27.5 Å². The Morgan fingerprint density at radius 3 is 2.67 bits per heavy atom. The van der Waals surface area contributed by atoms with Crippen LogP contribution in [0.3, 0.4) is 0 Å². The number of para-hydroxylation sites is 1. The lowest BCUT2D eigenvalue weighted by Gasteiger charge is -2.11. The van der Waals surface area contributed by atoms with Crippen molar-refractivity contribution in [3.8, 4) is 11.5 Å². The van der Waals surface area contributed by atoms with Gasteiger partial charge >= 0.3 is 0 Å². The zero-order valence-corrected chi connectivity index (χ0v) is 13.4. The zero-order valence-electron chi connectivity index (χ0n) is 11.9. The predicted octanol–water partition coefficient (Wildman–Crippen LogP) is 3.78. The molecular formula is C16H16BrNO3. The van der Waals surface area contributed by atoms with E-state index in [2.05, 4.69) is 21.2 Å². The van der Waals surface area contributed by atoms with Crippen molar-refractivity contribution in [1.29, 1.82) is 0 Å². The summed E-state index contributed by atoms with van der Waals surface area (Å²) in [5.74, 6) is 1.11. The Morgan fingerprint density at radius 1 is 1.24 bits per heavy atom. The van der Waals surface area contributed by atoms with Crippen LogP contribution in [0, 0.1) is 6.92 Å². The van der Waals surface area contributed by atoms with Gasteiger partial charge in [-0.05, 0) is 52.7 Å². The lowest BCUT2D eigenvalue weighted by Crippen LogP contribution is -2.20. The SMILES string of the molecule is COc1ccc(OCC(=O)Nc2ccccc2C)c(Br)c1. The molecule has 110 valence electrons. The van der Waals surface area contributed by atoms with Crippen molar-refractivity contribution < 1.29 is 14.3 Å². The van der Waals surface area contributed by atoms with E-state index in [9.17, 15) is 4.79 Å². The monoisotopic (exact) mass is 349 g/mol. The Morgan fingerprint density at radius 2 is 2.00 bits per heavy atom. The van der Waals surface area contributed by atoms with E-state index >= 15 is 0 Å². The first-order chi connectivity index (χ1) is 10.1. The number of aryl methyl sites for hydroxylation is 1. The molecule has 0 atom stereocenters. The molecule has 2 rings (SSSR count). The maximum Gasteiger partial charge on any atom is 0.262 e. The van der Waals surface area contributed by atoms with Gasteiger partial charge in [0.05, 0.1) is 11.6 Å². The van der Waals surface area contributed by atoms with Crippen molar-refractivity contribution in [3.05, 3.63) is 52.5 Å². The van der Waals surface area contributed by atoms with Crippen molar-refractivity contribution in [3.63, 3.8) is 0 Å². The Bertz CT molecular complexity index is 643. The molecule has 0 unspecified atom stereocenters. The van der Waals surface area contributed by atoms with Crippen LogP contribution >= 0.6 is 15.9 Å². The van der Waals surface area contributed by atoms with Crippen LogP contribution in [0.1, 0.15) is 5.56 Å². The van der Waals surface area contributed by atoms with Gasteiger partial charge in [-0.15, -0.1) is 0 Å². The molecule has 0 aromatic heterocycles. The Balaban J connectivity index is 1.94. The third-order valence-electron chi connectivity index (χ3n) is 2.92. The van der Waals surface area contributed by atoms with Gasteiger partial charge in [0.25, 0.3) is 5.91 Å². The first kappa shape index (κ1) is 15.4. The number of methoxy groups -OCH3 is 1.